The van der Waals surface area contributed by atoms with Gasteiger partial charge in [0.25, 0.3) is 11.8 Å². The summed E-state index contributed by atoms with van der Waals surface area (Å²) in [5.41, 5.74) is 3.28. The van der Waals surface area contributed by atoms with E-state index in [1.165, 1.54) is 24.3 Å². The summed E-state index contributed by atoms with van der Waals surface area (Å²) >= 11 is 6.51. The maximum absolute atomic E-state index is 13.8. The molecule has 1 aliphatic rings. The van der Waals surface area contributed by atoms with Crippen LogP contribution in [0.25, 0.3) is 0 Å². The number of ketones is 1. The van der Waals surface area contributed by atoms with E-state index in [0.29, 0.717) is 22.6 Å². The Morgan fingerprint density at radius 2 is 1.98 bits per heavy atom. The molecule has 0 saturated heterocycles. The molecular weight excluding hydrogens is 532 g/mol. The fourth-order valence-electron chi connectivity index (χ4n) is 4.58. The summed E-state index contributed by atoms with van der Waals surface area (Å²) in [5.74, 6) is -0.295. The van der Waals surface area contributed by atoms with Crippen molar-refractivity contribution < 1.29 is 19.1 Å². The van der Waals surface area contributed by atoms with Gasteiger partial charge in [-0.25, -0.2) is 0 Å². The number of carbonyl (C=O) groups is 3. The molecule has 1 aliphatic heterocycles. The minimum atomic E-state index is -0.759. The number of fused-ring (bicyclic) bond motifs is 1. The van der Waals surface area contributed by atoms with E-state index in [-0.39, 0.29) is 53.2 Å². The molecule has 0 radical (unpaired) electrons. The van der Waals surface area contributed by atoms with E-state index in [2.05, 4.69) is 25.5 Å². The molecule has 4 heterocycles. The Morgan fingerprint density at radius 3 is 2.73 bits per heavy atom. The van der Waals surface area contributed by atoms with Crippen molar-refractivity contribution in [2.75, 3.05) is 12.4 Å². The zero-order valence-corrected chi connectivity index (χ0v) is 22.6. The van der Waals surface area contributed by atoms with Crippen LogP contribution >= 0.6 is 11.6 Å². The Balaban J connectivity index is 1.43. The summed E-state index contributed by atoms with van der Waals surface area (Å²) in [6.45, 7) is 1.96. The second-order valence-electron chi connectivity index (χ2n) is 9.39. The summed E-state index contributed by atoms with van der Waals surface area (Å²) in [6.07, 6.45) is 5.05. The van der Waals surface area contributed by atoms with Crippen LogP contribution in [0.5, 0.6) is 5.75 Å². The number of halogens is 1. The van der Waals surface area contributed by atoms with Gasteiger partial charge in [0.2, 0.25) is 0 Å². The van der Waals surface area contributed by atoms with E-state index in [0.717, 1.165) is 5.56 Å². The first kappa shape index (κ1) is 26.9. The van der Waals surface area contributed by atoms with Crippen LogP contribution in [0.15, 0.2) is 67.1 Å². The fraction of sp³-hybridized carbons (Fsp3) is 0.207. The van der Waals surface area contributed by atoms with Crippen molar-refractivity contribution in [3.8, 4) is 5.75 Å². The van der Waals surface area contributed by atoms with Crippen LogP contribution < -0.4 is 10.1 Å². The van der Waals surface area contributed by atoms with Crippen LogP contribution in [0, 0.1) is 6.92 Å². The van der Waals surface area contributed by atoms with E-state index in [4.69, 9.17) is 16.3 Å². The van der Waals surface area contributed by atoms with Gasteiger partial charge in [0, 0.05) is 43.5 Å². The van der Waals surface area contributed by atoms with Crippen molar-refractivity contribution in [2.24, 2.45) is 0 Å². The smallest absolute Gasteiger partial charge is 0.273 e. The molecule has 4 aromatic rings. The number of carbonyl (C=O) groups excluding carboxylic acids is 3. The summed E-state index contributed by atoms with van der Waals surface area (Å²) < 4.78 is 5.11. The number of ether oxygens (including phenoxy) is 1. The number of pyridine rings is 2. The number of hydrogen-bond donors (Lipinski definition) is 1. The molecule has 0 spiro atoms. The lowest BCUT2D eigenvalue weighted by Crippen LogP contribution is -2.45. The van der Waals surface area contributed by atoms with Gasteiger partial charge in [-0.05, 0) is 47.9 Å². The summed E-state index contributed by atoms with van der Waals surface area (Å²) in [7, 11) is 1.48. The van der Waals surface area contributed by atoms with Crippen LogP contribution in [-0.2, 0) is 24.2 Å². The molecule has 3 aromatic heterocycles. The predicted molar refractivity (Wildman–Crippen MR) is 147 cm³/mol. The SMILES string of the molecule is COc1cnnc(NC(=O)c2ccc(CN3C(=O)c4ncc(C)cc4CC(=O)C3Cc3ccccn3)cc2Cl)c1. The first-order chi connectivity index (χ1) is 19.3. The molecule has 0 saturated carbocycles. The Labute approximate surface area is 235 Å². The number of aryl methyl sites for hydroxylation is 1. The normalized spacial score (nSPS) is 14.9. The molecule has 2 amide bonds. The predicted octanol–water partition coefficient (Wildman–Crippen LogP) is 3.87. The minimum Gasteiger partial charge on any atom is -0.495 e. The fourth-order valence-corrected chi connectivity index (χ4v) is 4.87. The molecule has 1 aromatic carbocycles. The van der Waals surface area contributed by atoms with Crippen molar-refractivity contribution in [3.05, 3.63) is 106 Å². The number of nitrogens with one attached hydrogen (secondary N) is 1. The second kappa shape index (κ2) is 11.6. The lowest BCUT2D eigenvalue weighted by Gasteiger charge is -2.29. The number of Topliss-reactive ketones (excluding diaryl/α,β-unsaturated/α-hetero) is 1. The maximum atomic E-state index is 13.8. The van der Waals surface area contributed by atoms with Crippen molar-refractivity contribution in [3.63, 3.8) is 0 Å². The van der Waals surface area contributed by atoms with Crippen molar-refractivity contribution in [1.82, 2.24) is 25.1 Å². The van der Waals surface area contributed by atoms with Gasteiger partial charge in [-0.2, -0.15) is 5.10 Å². The zero-order chi connectivity index (χ0) is 28.2. The van der Waals surface area contributed by atoms with E-state index < -0.39 is 11.9 Å². The average molecular weight is 557 g/mol. The Bertz CT molecular complexity index is 1600. The third-order valence-corrected chi connectivity index (χ3v) is 6.86. The third kappa shape index (κ3) is 5.81. The maximum Gasteiger partial charge on any atom is 0.273 e. The van der Waals surface area contributed by atoms with Gasteiger partial charge in [-0.15, -0.1) is 5.10 Å². The average Bonchev–Trinajstić information content (AvgIpc) is 3.03. The first-order valence-corrected chi connectivity index (χ1v) is 12.9. The topological polar surface area (TPSA) is 127 Å². The second-order valence-corrected chi connectivity index (χ2v) is 9.79. The number of amides is 2. The van der Waals surface area contributed by atoms with Gasteiger partial charge in [0.15, 0.2) is 11.6 Å². The monoisotopic (exact) mass is 556 g/mol. The number of methoxy groups -OCH3 is 1. The van der Waals surface area contributed by atoms with E-state index in [9.17, 15) is 14.4 Å². The number of nitrogens with zero attached hydrogens (tertiary/aromatic N) is 5. The number of aromatic nitrogens is 4. The zero-order valence-electron chi connectivity index (χ0n) is 21.8. The van der Waals surface area contributed by atoms with E-state index in [1.807, 2.05) is 25.1 Å². The highest BCUT2D eigenvalue weighted by molar-refractivity contribution is 6.34. The number of benzene rings is 1. The molecule has 10 nitrogen and oxygen atoms in total. The summed E-state index contributed by atoms with van der Waals surface area (Å²) in [4.78, 5) is 50.4. The lowest BCUT2D eigenvalue weighted by molar-refractivity contribution is -0.122. The van der Waals surface area contributed by atoms with Crippen LogP contribution in [0.3, 0.4) is 0 Å². The standard InChI is InChI=1S/C29H25ClN6O4/c1-17-9-19-11-25(37)24(12-20-5-3-4-8-31-20)36(29(39)27(19)32-14-17)16-18-6-7-22(23(30)10-18)28(38)34-26-13-21(40-2)15-33-35-26/h3-10,13-15,24H,11-12,16H2,1-2H3,(H,34,35,38). The molecule has 40 heavy (non-hydrogen) atoms. The molecular formula is C29H25ClN6O4. The third-order valence-electron chi connectivity index (χ3n) is 6.55. The molecule has 11 heteroatoms. The van der Waals surface area contributed by atoms with E-state index in [1.54, 1.807) is 36.7 Å². The van der Waals surface area contributed by atoms with Crippen LogP contribution in [0.1, 0.15) is 43.2 Å². The molecule has 0 fully saturated rings. The number of anilines is 1. The van der Waals surface area contributed by atoms with Gasteiger partial charge < -0.3 is 15.0 Å². The molecule has 1 N–H and O–H groups in total. The van der Waals surface area contributed by atoms with Crippen LogP contribution in [0.4, 0.5) is 5.82 Å². The van der Waals surface area contributed by atoms with Gasteiger partial charge in [0.05, 0.1) is 29.9 Å². The van der Waals surface area contributed by atoms with Crippen LogP contribution in [0.2, 0.25) is 5.02 Å². The highest BCUT2D eigenvalue weighted by atomic mass is 35.5. The quantitative estimate of drug-likeness (QED) is 0.363. The Morgan fingerprint density at radius 1 is 1.12 bits per heavy atom. The lowest BCUT2D eigenvalue weighted by atomic mass is 9.99. The van der Waals surface area contributed by atoms with Crippen molar-refractivity contribution >= 4 is 35.0 Å². The van der Waals surface area contributed by atoms with Crippen LogP contribution in [-0.4, -0.2) is 55.8 Å². The Kier molecular flexibility index (Phi) is 7.79. The van der Waals surface area contributed by atoms with Gasteiger partial charge in [0.1, 0.15) is 11.4 Å². The van der Waals surface area contributed by atoms with Crippen molar-refractivity contribution in [1.29, 1.82) is 0 Å². The number of hydrogen-bond acceptors (Lipinski definition) is 8. The largest absolute Gasteiger partial charge is 0.495 e. The number of rotatable bonds is 7. The highest BCUT2D eigenvalue weighted by Gasteiger charge is 2.36. The van der Waals surface area contributed by atoms with Crippen molar-refractivity contribution in [2.45, 2.75) is 32.4 Å². The summed E-state index contributed by atoms with van der Waals surface area (Å²) in [6, 6.07) is 12.9. The molecule has 1 unspecified atom stereocenters. The molecule has 0 bridgehead atoms. The highest BCUT2D eigenvalue weighted by Crippen LogP contribution is 2.26. The molecule has 5 rings (SSSR count). The Hall–Kier alpha value is -4.70. The first-order valence-electron chi connectivity index (χ1n) is 12.5. The molecule has 0 aliphatic carbocycles. The summed E-state index contributed by atoms with van der Waals surface area (Å²) in [5, 5.41) is 10.5. The molecule has 202 valence electrons. The van der Waals surface area contributed by atoms with Gasteiger partial charge in [-0.3, -0.25) is 24.4 Å². The van der Waals surface area contributed by atoms with Gasteiger partial charge in [-0.1, -0.05) is 29.8 Å². The van der Waals surface area contributed by atoms with Gasteiger partial charge >= 0.3 is 0 Å². The molecule has 1 atom stereocenters. The van der Waals surface area contributed by atoms with E-state index >= 15 is 0 Å². The minimum absolute atomic E-state index is 0.0834.